The molecule has 0 bridgehead atoms. The van der Waals surface area contributed by atoms with Crippen molar-refractivity contribution in [2.24, 2.45) is 0 Å². The highest BCUT2D eigenvalue weighted by molar-refractivity contribution is 7.99. The van der Waals surface area contributed by atoms with Crippen molar-refractivity contribution in [1.82, 2.24) is 0 Å². The Morgan fingerprint density at radius 2 is 2.27 bits per heavy atom. The molecule has 0 aliphatic rings. The van der Waals surface area contributed by atoms with Crippen molar-refractivity contribution in [2.75, 3.05) is 0 Å². The number of benzene rings is 1. The lowest BCUT2D eigenvalue weighted by Gasteiger charge is -2.08. The molecule has 3 heteroatoms. The third-order valence-corrected chi connectivity index (χ3v) is 3.65. The van der Waals surface area contributed by atoms with E-state index in [1.54, 1.807) is 17.8 Å². The second-order valence-corrected chi connectivity index (χ2v) is 4.87. The Morgan fingerprint density at radius 3 is 2.87 bits per heavy atom. The van der Waals surface area contributed by atoms with Crippen molar-refractivity contribution in [2.45, 2.75) is 31.3 Å². The summed E-state index contributed by atoms with van der Waals surface area (Å²) in [5.41, 5.74) is 1.15. The van der Waals surface area contributed by atoms with E-state index in [-0.39, 0.29) is 5.82 Å². The van der Waals surface area contributed by atoms with Crippen LogP contribution in [0, 0.1) is 17.1 Å². The van der Waals surface area contributed by atoms with Gasteiger partial charge in [-0.25, -0.2) is 4.39 Å². The molecule has 1 aromatic carbocycles. The molecule has 0 fully saturated rings. The molecule has 0 N–H and O–H groups in total. The third kappa shape index (κ3) is 3.56. The van der Waals surface area contributed by atoms with Crippen molar-refractivity contribution >= 4 is 11.8 Å². The van der Waals surface area contributed by atoms with Crippen LogP contribution in [0.25, 0.3) is 0 Å². The van der Waals surface area contributed by atoms with Crippen LogP contribution < -0.4 is 0 Å². The zero-order valence-corrected chi connectivity index (χ0v) is 9.77. The first-order valence-corrected chi connectivity index (χ1v) is 6.02. The third-order valence-electron chi connectivity index (χ3n) is 2.27. The summed E-state index contributed by atoms with van der Waals surface area (Å²) in [5.74, 6) is 0.418. The maximum Gasteiger partial charge on any atom is 0.127 e. The van der Waals surface area contributed by atoms with E-state index in [0.717, 1.165) is 6.42 Å². The number of halogens is 1. The molecule has 1 aromatic rings. The first-order valence-electron chi connectivity index (χ1n) is 4.97. The van der Waals surface area contributed by atoms with Gasteiger partial charge in [0.2, 0.25) is 0 Å². The lowest BCUT2D eigenvalue weighted by atomic mass is 10.1. The molecule has 0 aliphatic heterocycles. The summed E-state index contributed by atoms with van der Waals surface area (Å²) in [4.78, 5) is 0. The second-order valence-electron chi connectivity index (χ2n) is 3.45. The predicted octanol–water partition coefficient (Wildman–Crippen LogP) is 3.73. The zero-order chi connectivity index (χ0) is 11.3. The van der Waals surface area contributed by atoms with E-state index in [1.807, 2.05) is 6.07 Å². The maximum absolute atomic E-state index is 13.3. The Bertz CT molecular complexity index is 370. The summed E-state index contributed by atoms with van der Waals surface area (Å²) in [7, 11) is 0. The molecule has 0 radical (unpaired) electrons. The molecular formula is C12H14FNS. The van der Waals surface area contributed by atoms with Gasteiger partial charge in [-0.1, -0.05) is 13.8 Å². The molecule has 0 heterocycles. The summed E-state index contributed by atoms with van der Waals surface area (Å²) in [6, 6.07) is 6.52. The molecule has 80 valence electrons. The highest BCUT2D eigenvalue weighted by Gasteiger charge is 2.06. The summed E-state index contributed by atoms with van der Waals surface area (Å²) in [5, 5.41) is 9.22. The molecule has 1 atom stereocenters. The highest BCUT2D eigenvalue weighted by atomic mass is 32.2. The maximum atomic E-state index is 13.3. The van der Waals surface area contributed by atoms with Crippen LogP contribution in [0.3, 0.4) is 0 Å². The van der Waals surface area contributed by atoms with E-state index in [9.17, 15) is 4.39 Å². The Labute approximate surface area is 94.3 Å². The van der Waals surface area contributed by atoms with Gasteiger partial charge in [0.1, 0.15) is 5.82 Å². The molecule has 0 amide bonds. The molecule has 0 saturated heterocycles. The van der Waals surface area contributed by atoms with Crippen LogP contribution in [-0.2, 0) is 5.75 Å². The van der Waals surface area contributed by atoms with Crippen LogP contribution in [0.5, 0.6) is 0 Å². The van der Waals surface area contributed by atoms with E-state index < -0.39 is 0 Å². The monoisotopic (exact) mass is 223 g/mol. The smallest absolute Gasteiger partial charge is 0.127 e. The minimum Gasteiger partial charge on any atom is -0.207 e. The number of hydrogen-bond donors (Lipinski definition) is 0. The van der Waals surface area contributed by atoms with Crippen molar-refractivity contribution in [3.05, 3.63) is 35.1 Å². The van der Waals surface area contributed by atoms with Gasteiger partial charge in [0.05, 0.1) is 11.6 Å². The number of hydrogen-bond acceptors (Lipinski definition) is 2. The van der Waals surface area contributed by atoms with Crippen LogP contribution in [0.2, 0.25) is 0 Å². The Hall–Kier alpha value is -1.01. The Balaban J connectivity index is 2.72. The van der Waals surface area contributed by atoms with E-state index in [1.165, 1.54) is 12.1 Å². The lowest BCUT2D eigenvalue weighted by Crippen LogP contribution is -1.96. The summed E-state index contributed by atoms with van der Waals surface area (Å²) in [6.45, 7) is 4.23. The van der Waals surface area contributed by atoms with Gasteiger partial charge < -0.3 is 0 Å². The number of nitrogens with zero attached hydrogens (tertiary/aromatic N) is 1. The molecule has 0 spiro atoms. The quantitative estimate of drug-likeness (QED) is 0.776. The molecule has 0 saturated carbocycles. The van der Waals surface area contributed by atoms with Gasteiger partial charge in [0.15, 0.2) is 0 Å². The topological polar surface area (TPSA) is 23.8 Å². The summed E-state index contributed by atoms with van der Waals surface area (Å²) >= 11 is 1.71. The van der Waals surface area contributed by atoms with Crippen molar-refractivity contribution in [3.63, 3.8) is 0 Å². The van der Waals surface area contributed by atoms with E-state index in [2.05, 4.69) is 13.8 Å². The van der Waals surface area contributed by atoms with E-state index in [0.29, 0.717) is 22.1 Å². The van der Waals surface area contributed by atoms with Crippen LogP contribution in [0.1, 0.15) is 31.4 Å². The lowest BCUT2D eigenvalue weighted by molar-refractivity contribution is 0.617. The van der Waals surface area contributed by atoms with Gasteiger partial charge in [-0.3, -0.25) is 0 Å². The minimum atomic E-state index is -0.218. The van der Waals surface area contributed by atoms with Gasteiger partial charge >= 0.3 is 0 Å². The average Bonchev–Trinajstić information content (AvgIpc) is 2.27. The molecule has 1 rings (SSSR count). The fraction of sp³-hybridized carbons (Fsp3) is 0.417. The summed E-state index contributed by atoms with van der Waals surface area (Å²) < 4.78 is 13.3. The van der Waals surface area contributed by atoms with Crippen LogP contribution in [-0.4, -0.2) is 5.25 Å². The van der Waals surface area contributed by atoms with Gasteiger partial charge in [-0.15, -0.1) is 0 Å². The van der Waals surface area contributed by atoms with Crippen LogP contribution in [0.4, 0.5) is 4.39 Å². The average molecular weight is 223 g/mol. The normalized spacial score (nSPS) is 12.1. The standard InChI is InChI=1S/C12H14FNS/c1-3-9(2)15-8-11-6-10(7-14)4-5-12(11)13/h4-6,9H,3,8H2,1-2H3. The summed E-state index contributed by atoms with van der Waals surface area (Å²) in [6.07, 6.45) is 1.07. The Morgan fingerprint density at radius 1 is 1.53 bits per heavy atom. The molecule has 0 aromatic heterocycles. The number of rotatable bonds is 4. The minimum absolute atomic E-state index is 0.218. The fourth-order valence-electron chi connectivity index (χ4n) is 1.10. The van der Waals surface area contributed by atoms with Crippen molar-refractivity contribution < 1.29 is 4.39 Å². The second kappa shape index (κ2) is 5.77. The molecule has 15 heavy (non-hydrogen) atoms. The molecule has 0 aliphatic carbocycles. The van der Waals surface area contributed by atoms with Gasteiger partial charge in [0, 0.05) is 11.0 Å². The fourth-order valence-corrected chi connectivity index (χ4v) is 2.03. The van der Waals surface area contributed by atoms with E-state index >= 15 is 0 Å². The molecular weight excluding hydrogens is 209 g/mol. The van der Waals surface area contributed by atoms with Crippen molar-refractivity contribution in [1.29, 1.82) is 5.26 Å². The Kier molecular flexibility index (Phi) is 4.64. The molecule has 1 unspecified atom stereocenters. The van der Waals surface area contributed by atoms with Crippen molar-refractivity contribution in [3.8, 4) is 6.07 Å². The zero-order valence-electron chi connectivity index (χ0n) is 8.96. The van der Waals surface area contributed by atoms with E-state index in [4.69, 9.17) is 5.26 Å². The van der Waals surface area contributed by atoms with Crippen LogP contribution >= 0.6 is 11.8 Å². The first-order chi connectivity index (χ1) is 7.17. The number of thioether (sulfide) groups is 1. The SMILES string of the molecule is CCC(C)SCc1cc(C#N)ccc1F. The van der Waals surface area contributed by atoms with Gasteiger partial charge in [0.25, 0.3) is 0 Å². The van der Waals surface area contributed by atoms with Crippen LogP contribution in [0.15, 0.2) is 18.2 Å². The largest absolute Gasteiger partial charge is 0.207 e. The van der Waals surface area contributed by atoms with Gasteiger partial charge in [-0.05, 0) is 30.2 Å². The molecule has 1 nitrogen and oxygen atoms in total. The number of nitriles is 1. The first kappa shape index (κ1) is 12.1. The van der Waals surface area contributed by atoms with Gasteiger partial charge in [-0.2, -0.15) is 17.0 Å². The predicted molar refractivity (Wildman–Crippen MR) is 62.2 cm³/mol. The highest BCUT2D eigenvalue weighted by Crippen LogP contribution is 2.22.